The first-order chi connectivity index (χ1) is 17.0. The Morgan fingerprint density at radius 3 is 1.86 bits per heavy atom. The number of ether oxygens (including phenoxy) is 2. The smallest absolute Gasteiger partial charge is 0.410 e. The van der Waals surface area contributed by atoms with E-state index in [4.69, 9.17) is 26.6 Å². The summed E-state index contributed by atoms with van der Waals surface area (Å²) in [5.74, 6) is 0.749. The van der Waals surface area contributed by atoms with E-state index in [-0.39, 0.29) is 32.7 Å². The molecule has 0 spiro atoms. The van der Waals surface area contributed by atoms with E-state index in [9.17, 15) is 9.59 Å². The number of carbonyl (C=O) groups is 2. The molecule has 2 aliphatic rings. The van der Waals surface area contributed by atoms with E-state index < -0.39 is 5.43 Å². The van der Waals surface area contributed by atoms with E-state index in [1.165, 1.54) is 0 Å². The number of hydrogen-bond acceptors (Lipinski definition) is 7. The molecular weight excluding hydrogens is 484 g/mol. The summed E-state index contributed by atoms with van der Waals surface area (Å²) in [6, 6.07) is 19.0. The van der Waals surface area contributed by atoms with Crippen LogP contribution in [-0.4, -0.2) is 66.0 Å². The number of hydrogen-bond donors (Lipinski definition) is 3. The molecule has 2 aromatic carbocycles. The second kappa shape index (κ2) is 18.6. The molecule has 9 heteroatoms. The molecule has 2 heterocycles. The molecule has 8 nitrogen and oxygen atoms in total. The van der Waals surface area contributed by atoms with E-state index in [1.807, 2.05) is 60.7 Å². The van der Waals surface area contributed by atoms with Crippen LogP contribution in [-0.2, 0) is 22.7 Å². The zero-order chi connectivity index (χ0) is 25.3. The van der Waals surface area contributed by atoms with Gasteiger partial charge in [0, 0.05) is 50.4 Å². The lowest BCUT2D eigenvalue weighted by Gasteiger charge is -2.15. The van der Waals surface area contributed by atoms with Crippen LogP contribution in [0.3, 0.4) is 0 Å². The Labute approximate surface area is 219 Å². The largest absolute Gasteiger partial charge is 0.449 e. The summed E-state index contributed by atoms with van der Waals surface area (Å²) in [4.78, 5) is 23.5. The van der Waals surface area contributed by atoms with E-state index in [2.05, 4.69) is 10.1 Å². The van der Waals surface area contributed by atoms with Gasteiger partial charge in [-0.2, -0.15) is 0 Å². The number of nitrogens with one attached hydrogen (secondary N) is 1. The monoisotopic (exact) mass is 522 g/mol. The van der Waals surface area contributed by atoms with E-state index in [1.54, 1.807) is 4.90 Å². The van der Waals surface area contributed by atoms with Gasteiger partial charge in [-0.15, -0.1) is 0 Å². The Morgan fingerprint density at radius 2 is 1.44 bits per heavy atom. The fraction of sp³-hybridized carbons (Fsp3) is 0.481. The van der Waals surface area contributed by atoms with Crippen molar-refractivity contribution in [1.82, 2.24) is 10.2 Å². The average Bonchev–Trinajstić information content (AvgIpc) is 3.60. The van der Waals surface area contributed by atoms with Crippen LogP contribution in [0.25, 0.3) is 0 Å². The Morgan fingerprint density at radius 1 is 0.889 bits per heavy atom. The number of carbonyl (C=O) groups excluding carboxylic acids is 2. The van der Waals surface area contributed by atoms with Gasteiger partial charge in [0.25, 0.3) is 0 Å². The number of halogens is 1. The van der Waals surface area contributed by atoms with Crippen molar-refractivity contribution in [2.24, 2.45) is 11.8 Å². The van der Waals surface area contributed by atoms with Gasteiger partial charge in [0.1, 0.15) is 13.2 Å². The second-order valence-corrected chi connectivity index (χ2v) is 8.69. The second-order valence-electron chi connectivity index (χ2n) is 8.38. The first kappa shape index (κ1) is 31.4. The van der Waals surface area contributed by atoms with Crippen molar-refractivity contribution >= 4 is 23.1 Å². The first-order valence-electron chi connectivity index (χ1n) is 11.8. The van der Waals surface area contributed by atoms with Crippen LogP contribution in [0.5, 0.6) is 0 Å². The van der Waals surface area contributed by atoms with Crippen LogP contribution >= 0.6 is 11.6 Å². The number of likely N-dealkylation sites (tertiary alicyclic amines) is 1. The number of amides is 1. The summed E-state index contributed by atoms with van der Waals surface area (Å²) < 4.78 is 9.76. The van der Waals surface area contributed by atoms with Crippen molar-refractivity contribution in [2.45, 2.75) is 33.5 Å². The van der Waals surface area contributed by atoms with Gasteiger partial charge in [0.05, 0.1) is 0 Å². The van der Waals surface area contributed by atoms with Gasteiger partial charge in [0.2, 0.25) is 0 Å². The van der Waals surface area contributed by atoms with E-state index in [0.717, 1.165) is 37.1 Å². The lowest BCUT2D eigenvalue weighted by atomic mass is 10.1. The van der Waals surface area contributed by atoms with Crippen LogP contribution in [0.2, 0.25) is 0 Å². The van der Waals surface area contributed by atoms with E-state index in [0.29, 0.717) is 32.2 Å². The molecule has 2 aromatic rings. The minimum Gasteiger partial charge on any atom is -0.449 e. The van der Waals surface area contributed by atoms with Crippen LogP contribution in [0, 0.1) is 11.8 Å². The molecule has 0 saturated carbocycles. The highest BCUT2D eigenvalue weighted by atomic mass is 35.5. The molecule has 0 unspecified atom stereocenters. The van der Waals surface area contributed by atoms with Gasteiger partial charge in [-0.1, -0.05) is 68.1 Å². The van der Waals surface area contributed by atoms with Crippen molar-refractivity contribution in [3.8, 4) is 0 Å². The van der Waals surface area contributed by atoms with Gasteiger partial charge in [-0.3, -0.25) is 0 Å². The highest BCUT2D eigenvalue weighted by Gasteiger charge is 2.26. The predicted octanol–water partition coefficient (Wildman–Crippen LogP) is 4.42. The highest BCUT2D eigenvalue weighted by molar-refractivity contribution is 6.61. The molecule has 0 radical (unpaired) electrons. The number of rotatable bonds is 6. The summed E-state index contributed by atoms with van der Waals surface area (Å²) in [5.41, 5.74) is 1.15. The molecule has 36 heavy (non-hydrogen) atoms. The quantitative estimate of drug-likeness (QED) is 0.482. The standard InChI is InChI=1S/C13H17NO3.C8H7ClO2.C5H11NO.CH4/c15-9-12-6-7-14(8-12)13(16)17-10-11-4-2-1-3-5-11;9-8(10)11-6-7-4-2-1-3-5-7;7-4-5-1-2-6-3-5;/h1-5,12,15H,6-10H2;1-5H,6H2;5-7H,1-4H2;1H4/t12-;;5-;/m0.0./s1. The van der Waals surface area contributed by atoms with Crippen LogP contribution < -0.4 is 5.32 Å². The van der Waals surface area contributed by atoms with Gasteiger partial charge >= 0.3 is 11.5 Å². The zero-order valence-electron chi connectivity index (χ0n) is 19.9. The SMILES string of the molecule is C.O=C(Cl)OCc1ccccc1.O=C(OCc1ccccc1)N1CC[C@H](CO)C1.OC[C@H]1CCNC1. The van der Waals surface area contributed by atoms with Crippen molar-refractivity contribution in [3.63, 3.8) is 0 Å². The number of nitrogens with zero attached hydrogens (tertiary/aromatic N) is 1. The summed E-state index contributed by atoms with van der Waals surface area (Å²) in [6.45, 7) is 4.42. The maximum atomic E-state index is 11.7. The maximum absolute atomic E-state index is 11.7. The molecule has 1 amide bonds. The minimum atomic E-state index is -0.770. The lowest BCUT2D eigenvalue weighted by molar-refractivity contribution is 0.101. The molecule has 2 atom stereocenters. The Kier molecular flexibility index (Phi) is 16.2. The third kappa shape index (κ3) is 12.9. The summed E-state index contributed by atoms with van der Waals surface area (Å²) in [5, 5.41) is 20.7. The Hall–Kier alpha value is -2.65. The van der Waals surface area contributed by atoms with Crippen LogP contribution in [0.4, 0.5) is 9.59 Å². The van der Waals surface area contributed by atoms with Crippen molar-refractivity contribution < 1.29 is 29.3 Å². The lowest BCUT2D eigenvalue weighted by Crippen LogP contribution is -2.29. The maximum Gasteiger partial charge on any atom is 0.410 e. The van der Waals surface area contributed by atoms with Gasteiger partial charge in [-0.25, -0.2) is 9.59 Å². The molecule has 200 valence electrons. The highest BCUT2D eigenvalue weighted by Crippen LogP contribution is 2.16. The molecule has 4 rings (SSSR count). The van der Waals surface area contributed by atoms with Gasteiger partial charge in [-0.05, 0) is 36.4 Å². The summed E-state index contributed by atoms with van der Waals surface area (Å²) >= 11 is 4.97. The minimum absolute atomic E-state index is 0. The third-order valence-electron chi connectivity index (χ3n) is 5.62. The van der Waals surface area contributed by atoms with Gasteiger partial charge in [0.15, 0.2) is 0 Å². The number of aliphatic hydroxyl groups is 2. The molecule has 3 N–H and O–H groups in total. The molecule has 2 fully saturated rings. The van der Waals surface area contributed by atoms with Crippen LogP contribution in [0.15, 0.2) is 60.7 Å². The molecule has 0 aliphatic carbocycles. The molecule has 2 aliphatic heterocycles. The van der Waals surface area contributed by atoms with Crippen molar-refractivity contribution in [1.29, 1.82) is 0 Å². The third-order valence-corrected chi connectivity index (χ3v) is 5.73. The zero-order valence-corrected chi connectivity index (χ0v) is 20.6. The summed E-state index contributed by atoms with van der Waals surface area (Å²) in [7, 11) is 0. The average molecular weight is 523 g/mol. The van der Waals surface area contributed by atoms with Crippen LogP contribution in [0.1, 0.15) is 31.4 Å². The van der Waals surface area contributed by atoms with Crippen molar-refractivity contribution in [2.75, 3.05) is 39.4 Å². The van der Waals surface area contributed by atoms with Gasteiger partial charge < -0.3 is 29.9 Å². The summed E-state index contributed by atoms with van der Waals surface area (Å²) in [6.07, 6.45) is 1.72. The molecule has 0 bridgehead atoms. The normalized spacial score (nSPS) is 18.0. The predicted molar refractivity (Wildman–Crippen MR) is 141 cm³/mol. The molecular formula is C27H39ClN2O6. The topological polar surface area (TPSA) is 108 Å². The van der Waals surface area contributed by atoms with E-state index >= 15 is 0 Å². The number of benzene rings is 2. The Balaban J connectivity index is 0.000000293. The number of aliphatic hydroxyl groups excluding tert-OH is 2. The molecule has 0 aromatic heterocycles. The fourth-order valence-corrected chi connectivity index (χ4v) is 3.60. The Bertz CT molecular complexity index is 850. The first-order valence-corrected chi connectivity index (χ1v) is 12.1. The molecule has 2 saturated heterocycles. The van der Waals surface area contributed by atoms with Crippen molar-refractivity contribution in [3.05, 3.63) is 71.8 Å². The fourth-order valence-electron chi connectivity index (χ4n) is 3.54.